The van der Waals surface area contributed by atoms with E-state index in [9.17, 15) is 0 Å². The van der Waals surface area contributed by atoms with Crippen molar-refractivity contribution in [2.24, 2.45) is 10.7 Å². The zero-order chi connectivity index (χ0) is 15.2. The first-order chi connectivity index (χ1) is 10.8. The van der Waals surface area contributed by atoms with Gasteiger partial charge in [-0.3, -0.25) is 5.01 Å². The molecule has 2 saturated carbocycles. The second kappa shape index (κ2) is 8.19. The summed E-state index contributed by atoms with van der Waals surface area (Å²) < 4.78 is 0. The molecule has 0 atom stereocenters. The topological polar surface area (TPSA) is 44.9 Å². The molecule has 0 bridgehead atoms. The number of rotatable bonds is 3. The Kier molecular flexibility index (Phi) is 5.99. The summed E-state index contributed by atoms with van der Waals surface area (Å²) in [5.41, 5.74) is 6.54. The SMILES string of the molecule is NC(=NC1CCCCC1)N(C1CCCCC1)N1CCCCC1. The number of hydrogen-bond acceptors (Lipinski definition) is 2. The van der Waals surface area contributed by atoms with Crippen molar-refractivity contribution in [3.8, 4) is 0 Å². The van der Waals surface area contributed by atoms with Crippen LogP contribution in [0.15, 0.2) is 4.99 Å². The molecule has 0 spiro atoms. The zero-order valence-corrected chi connectivity index (χ0v) is 14.2. The van der Waals surface area contributed by atoms with Gasteiger partial charge in [-0.1, -0.05) is 44.9 Å². The van der Waals surface area contributed by atoms with E-state index in [2.05, 4.69) is 10.0 Å². The smallest absolute Gasteiger partial charge is 0.206 e. The van der Waals surface area contributed by atoms with Gasteiger partial charge in [0.05, 0.1) is 6.04 Å². The molecule has 2 aliphatic carbocycles. The zero-order valence-electron chi connectivity index (χ0n) is 14.2. The standard InChI is InChI=1S/C18H34N4/c19-18(20-16-10-4-1-5-11-16)22(17-12-6-2-7-13-17)21-14-8-3-9-15-21/h16-17H,1-15H2,(H2,19,20). The first-order valence-corrected chi connectivity index (χ1v) is 9.72. The number of hydrogen-bond donors (Lipinski definition) is 1. The van der Waals surface area contributed by atoms with Gasteiger partial charge in [0, 0.05) is 19.1 Å². The predicted octanol–water partition coefficient (Wildman–Crippen LogP) is 3.67. The molecule has 0 aromatic heterocycles. The fourth-order valence-electron chi connectivity index (χ4n) is 4.44. The van der Waals surface area contributed by atoms with E-state index in [4.69, 9.17) is 10.7 Å². The Morgan fingerprint density at radius 2 is 1.32 bits per heavy atom. The van der Waals surface area contributed by atoms with Gasteiger partial charge in [-0.25, -0.2) is 10.0 Å². The Bertz CT molecular complexity index is 332. The van der Waals surface area contributed by atoms with E-state index in [1.165, 1.54) is 83.5 Å². The molecule has 3 aliphatic rings. The largest absolute Gasteiger partial charge is 0.369 e. The molecule has 4 nitrogen and oxygen atoms in total. The van der Waals surface area contributed by atoms with Crippen molar-refractivity contribution >= 4 is 5.96 Å². The van der Waals surface area contributed by atoms with Crippen LogP contribution in [-0.2, 0) is 0 Å². The van der Waals surface area contributed by atoms with Gasteiger partial charge in [0.2, 0.25) is 5.96 Å². The molecule has 126 valence electrons. The molecule has 3 fully saturated rings. The molecule has 0 unspecified atom stereocenters. The highest BCUT2D eigenvalue weighted by Gasteiger charge is 2.29. The van der Waals surface area contributed by atoms with E-state index in [0.717, 1.165) is 19.0 Å². The third kappa shape index (κ3) is 4.15. The van der Waals surface area contributed by atoms with Crippen LogP contribution in [0, 0.1) is 0 Å². The average molecular weight is 306 g/mol. The maximum absolute atomic E-state index is 6.54. The number of piperidine rings is 1. The Labute approximate surface area is 136 Å². The van der Waals surface area contributed by atoms with Crippen molar-refractivity contribution in [3.05, 3.63) is 0 Å². The van der Waals surface area contributed by atoms with Crippen LogP contribution in [0.5, 0.6) is 0 Å². The Balaban J connectivity index is 1.71. The third-order valence-electron chi connectivity index (χ3n) is 5.68. The van der Waals surface area contributed by atoms with Crippen LogP contribution < -0.4 is 5.73 Å². The monoisotopic (exact) mass is 306 g/mol. The summed E-state index contributed by atoms with van der Waals surface area (Å²) in [6, 6.07) is 1.07. The molecule has 1 aliphatic heterocycles. The molecule has 2 N–H and O–H groups in total. The van der Waals surface area contributed by atoms with Gasteiger partial charge in [-0.2, -0.15) is 0 Å². The summed E-state index contributed by atoms with van der Waals surface area (Å²) in [7, 11) is 0. The first kappa shape index (κ1) is 16.1. The summed E-state index contributed by atoms with van der Waals surface area (Å²) in [4.78, 5) is 4.97. The minimum absolute atomic E-state index is 0.477. The fourth-order valence-corrected chi connectivity index (χ4v) is 4.44. The molecular formula is C18H34N4. The summed E-state index contributed by atoms with van der Waals surface area (Å²) in [6.07, 6.45) is 17.2. The van der Waals surface area contributed by atoms with Crippen molar-refractivity contribution in [2.75, 3.05) is 13.1 Å². The molecular weight excluding hydrogens is 272 g/mol. The Hall–Kier alpha value is -0.770. The van der Waals surface area contributed by atoms with E-state index in [0.29, 0.717) is 12.1 Å². The van der Waals surface area contributed by atoms with E-state index >= 15 is 0 Å². The van der Waals surface area contributed by atoms with Crippen molar-refractivity contribution < 1.29 is 0 Å². The summed E-state index contributed by atoms with van der Waals surface area (Å²) >= 11 is 0. The van der Waals surface area contributed by atoms with Crippen molar-refractivity contribution in [1.82, 2.24) is 10.0 Å². The average Bonchev–Trinajstić information content (AvgIpc) is 2.58. The third-order valence-corrected chi connectivity index (χ3v) is 5.68. The second-order valence-corrected chi connectivity index (χ2v) is 7.43. The van der Waals surface area contributed by atoms with Gasteiger partial charge in [-0.05, 0) is 38.5 Å². The van der Waals surface area contributed by atoms with Crippen LogP contribution in [0.4, 0.5) is 0 Å². The molecule has 1 heterocycles. The lowest BCUT2D eigenvalue weighted by atomic mass is 9.94. The van der Waals surface area contributed by atoms with Crippen LogP contribution in [0.2, 0.25) is 0 Å². The van der Waals surface area contributed by atoms with E-state index in [1.807, 2.05) is 0 Å². The summed E-state index contributed by atoms with van der Waals surface area (Å²) in [5, 5.41) is 4.94. The number of nitrogens with zero attached hydrogens (tertiary/aromatic N) is 3. The Morgan fingerprint density at radius 1 is 0.773 bits per heavy atom. The van der Waals surface area contributed by atoms with Crippen LogP contribution in [0.25, 0.3) is 0 Å². The lowest BCUT2D eigenvalue weighted by Gasteiger charge is -2.44. The van der Waals surface area contributed by atoms with Gasteiger partial charge < -0.3 is 5.73 Å². The van der Waals surface area contributed by atoms with Gasteiger partial charge >= 0.3 is 0 Å². The van der Waals surface area contributed by atoms with Crippen molar-refractivity contribution in [2.45, 2.75) is 95.6 Å². The van der Waals surface area contributed by atoms with Crippen LogP contribution in [-0.4, -0.2) is 41.2 Å². The normalized spacial score (nSPS) is 27.0. The molecule has 22 heavy (non-hydrogen) atoms. The predicted molar refractivity (Wildman–Crippen MR) is 92.6 cm³/mol. The van der Waals surface area contributed by atoms with Crippen LogP contribution in [0.3, 0.4) is 0 Å². The second-order valence-electron chi connectivity index (χ2n) is 7.43. The van der Waals surface area contributed by atoms with Gasteiger partial charge in [0.25, 0.3) is 0 Å². The highest BCUT2D eigenvalue weighted by Crippen LogP contribution is 2.26. The highest BCUT2D eigenvalue weighted by atomic mass is 15.7. The summed E-state index contributed by atoms with van der Waals surface area (Å²) in [6.45, 7) is 2.33. The molecule has 0 radical (unpaired) electrons. The number of guanidine groups is 1. The molecule has 0 aromatic carbocycles. The van der Waals surface area contributed by atoms with Gasteiger partial charge in [-0.15, -0.1) is 0 Å². The molecule has 4 heteroatoms. The van der Waals surface area contributed by atoms with E-state index in [1.54, 1.807) is 0 Å². The number of hydrazine groups is 1. The van der Waals surface area contributed by atoms with Crippen LogP contribution in [0.1, 0.15) is 83.5 Å². The lowest BCUT2D eigenvalue weighted by molar-refractivity contribution is -0.0211. The van der Waals surface area contributed by atoms with E-state index < -0.39 is 0 Å². The quantitative estimate of drug-likeness (QED) is 0.639. The number of nitrogens with two attached hydrogens (primary N) is 1. The fraction of sp³-hybridized carbons (Fsp3) is 0.944. The minimum atomic E-state index is 0.477. The van der Waals surface area contributed by atoms with Crippen LogP contribution >= 0.6 is 0 Å². The van der Waals surface area contributed by atoms with Crippen molar-refractivity contribution in [3.63, 3.8) is 0 Å². The maximum Gasteiger partial charge on any atom is 0.206 e. The highest BCUT2D eigenvalue weighted by molar-refractivity contribution is 5.78. The first-order valence-electron chi connectivity index (χ1n) is 9.72. The van der Waals surface area contributed by atoms with Gasteiger partial charge in [0.15, 0.2) is 0 Å². The minimum Gasteiger partial charge on any atom is -0.369 e. The molecule has 0 amide bonds. The molecule has 1 saturated heterocycles. The van der Waals surface area contributed by atoms with E-state index in [-0.39, 0.29) is 0 Å². The summed E-state index contributed by atoms with van der Waals surface area (Å²) in [5.74, 6) is 0.820. The molecule has 3 rings (SSSR count). The lowest BCUT2D eigenvalue weighted by Crippen LogP contribution is -2.57. The maximum atomic E-state index is 6.54. The van der Waals surface area contributed by atoms with Gasteiger partial charge in [0.1, 0.15) is 0 Å². The van der Waals surface area contributed by atoms with Crippen molar-refractivity contribution in [1.29, 1.82) is 0 Å². The Morgan fingerprint density at radius 3 is 1.95 bits per heavy atom. The number of aliphatic imine (C=N–C) groups is 1. The molecule has 0 aromatic rings.